The van der Waals surface area contributed by atoms with E-state index in [0.29, 0.717) is 17.5 Å². The third-order valence-electron chi connectivity index (χ3n) is 6.33. The molecule has 31 heavy (non-hydrogen) atoms. The number of likely N-dealkylation sites (tertiary alicyclic amines) is 1. The Kier molecular flexibility index (Phi) is 7.12. The summed E-state index contributed by atoms with van der Waals surface area (Å²) in [4.78, 5) is 19.1. The van der Waals surface area contributed by atoms with Crippen molar-refractivity contribution in [2.75, 3.05) is 26.7 Å². The van der Waals surface area contributed by atoms with E-state index in [0.717, 1.165) is 43.9 Å². The van der Waals surface area contributed by atoms with Gasteiger partial charge in [-0.2, -0.15) is 5.10 Å². The van der Waals surface area contributed by atoms with Crippen LogP contribution in [0, 0.1) is 5.92 Å². The van der Waals surface area contributed by atoms with Crippen LogP contribution in [0.2, 0.25) is 5.02 Å². The number of hydrogen-bond donors (Lipinski definition) is 2. The number of benzene rings is 1. The van der Waals surface area contributed by atoms with E-state index in [9.17, 15) is 4.79 Å². The van der Waals surface area contributed by atoms with Gasteiger partial charge in [-0.1, -0.05) is 36.6 Å². The molecule has 0 bridgehead atoms. The number of hydrogen-bond acceptors (Lipinski definition) is 3. The maximum atomic E-state index is 12.7. The number of halogens is 1. The van der Waals surface area contributed by atoms with Gasteiger partial charge in [0.2, 0.25) is 5.91 Å². The molecule has 2 heterocycles. The predicted molar refractivity (Wildman–Crippen MR) is 123 cm³/mol. The van der Waals surface area contributed by atoms with E-state index < -0.39 is 0 Å². The first-order chi connectivity index (χ1) is 15.1. The van der Waals surface area contributed by atoms with Crippen LogP contribution in [-0.4, -0.2) is 59.3 Å². The lowest BCUT2D eigenvalue weighted by Crippen LogP contribution is -2.46. The van der Waals surface area contributed by atoms with E-state index >= 15 is 0 Å². The molecular weight excluding hydrogens is 412 g/mol. The van der Waals surface area contributed by atoms with E-state index in [2.05, 4.69) is 20.7 Å². The van der Waals surface area contributed by atoms with Crippen LogP contribution in [0.5, 0.6) is 0 Å². The first kappa shape index (κ1) is 21.7. The minimum Gasteiger partial charge on any atom is -0.354 e. The Labute approximate surface area is 188 Å². The monoisotopic (exact) mass is 442 g/mol. The molecule has 0 spiro atoms. The molecule has 2 aromatic rings. The highest BCUT2D eigenvalue weighted by atomic mass is 35.5. The first-order valence-electron chi connectivity index (χ1n) is 11.1. The van der Waals surface area contributed by atoms with Crippen LogP contribution in [0.3, 0.4) is 0 Å². The van der Waals surface area contributed by atoms with Gasteiger partial charge in [0, 0.05) is 56.1 Å². The van der Waals surface area contributed by atoms with Crippen LogP contribution in [0.4, 0.5) is 0 Å². The van der Waals surface area contributed by atoms with Crippen LogP contribution in [0.1, 0.15) is 43.7 Å². The Bertz CT molecular complexity index is 876. The van der Waals surface area contributed by atoms with Crippen molar-refractivity contribution < 1.29 is 4.79 Å². The molecule has 8 heteroatoms. The minimum absolute atomic E-state index is 0.00911. The molecule has 2 fully saturated rings. The summed E-state index contributed by atoms with van der Waals surface area (Å²) in [6.07, 6.45) is 9.16. The van der Waals surface area contributed by atoms with Gasteiger partial charge in [-0.25, -0.2) is 0 Å². The van der Waals surface area contributed by atoms with E-state index in [1.807, 2.05) is 46.1 Å². The number of aliphatic imine (C=N–C) groups is 1. The molecule has 1 aliphatic heterocycles. The van der Waals surface area contributed by atoms with Gasteiger partial charge in [-0.15, -0.1) is 0 Å². The van der Waals surface area contributed by atoms with Gasteiger partial charge in [0.15, 0.2) is 5.96 Å². The van der Waals surface area contributed by atoms with E-state index in [1.54, 1.807) is 13.2 Å². The minimum atomic E-state index is 0.00911. The van der Waals surface area contributed by atoms with Crippen molar-refractivity contribution in [2.24, 2.45) is 10.9 Å². The summed E-state index contributed by atoms with van der Waals surface area (Å²) < 4.78 is 1.93. The van der Waals surface area contributed by atoms with E-state index in [-0.39, 0.29) is 18.0 Å². The molecule has 1 aromatic carbocycles. The molecule has 7 nitrogen and oxygen atoms in total. The normalized spacial score (nSPS) is 20.8. The lowest BCUT2D eigenvalue weighted by molar-refractivity contribution is -0.134. The molecule has 1 saturated carbocycles. The maximum Gasteiger partial charge on any atom is 0.225 e. The summed E-state index contributed by atoms with van der Waals surface area (Å²) in [5.74, 6) is 1.32. The third kappa shape index (κ3) is 5.39. The standard InChI is InChI=1S/C23H31ClN6O/c1-25-23(28-20-11-14-29(16-20)22(31)18-5-2-3-6-18)26-15-21(30-13-4-12-27-30)17-7-9-19(24)10-8-17/h4,7-10,12-13,18,20-21H,2-3,5-6,11,14-16H2,1H3,(H2,25,26,28). The molecule has 2 N–H and O–H groups in total. The molecule has 2 aliphatic rings. The van der Waals surface area contributed by atoms with Gasteiger partial charge in [0.25, 0.3) is 0 Å². The van der Waals surface area contributed by atoms with Crippen LogP contribution >= 0.6 is 11.6 Å². The average molecular weight is 443 g/mol. The number of nitrogens with zero attached hydrogens (tertiary/aromatic N) is 4. The average Bonchev–Trinajstić information content (AvgIpc) is 3.56. The van der Waals surface area contributed by atoms with E-state index in [4.69, 9.17) is 11.6 Å². The van der Waals surface area contributed by atoms with Gasteiger partial charge in [0.05, 0.1) is 6.04 Å². The van der Waals surface area contributed by atoms with Gasteiger partial charge in [-0.05, 0) is 43.0 Å². The highest BCUT2D eigenvalue weighted by Gasteiger charge is 2.32. The second-order valence-electron chi connectivity index (χ2n) is 8.40. The SMILES string of the molecule is CN=C(NCC(c1ccc(Cl)cc1)n1cccn1)NC1CCN(C(=O)C2CCCC2)C1. The molecule has 2 unspecified atom stereocenters. The summed E-state index contributed by atoms with van der Waals surface area (Å²) in [6, 6.07) is 9.99. The Morgan fingerprint density at radius 3 is 2.71 bits per heavy atom. The quantitative estimate of drug-likeness (QED) is 0.532. The van der Waals surface area contributed by atoms with Gasteiger partial charge in [0.1, 0.15) is 0 Å². The van der Waals surface area contributed by atoms with Crippen LogP contribution in [0.15, 0.2) is 47.7 Å². The van der Waals surface area contributed by atoms with Gasteiger partial charge < -0.3 is 15.5 Å². The summed E-state index contributed by atoms with van der Waals surface area (Å²) in [5.41, 5.74) is 1.12. The summed E-state index contributed by atoms with van der Waals surface area (Å²) in [5, 5.41) is 12.1. The molecule has 0 radical (unpaired) electrons. The zero-order valence-electron chi connectivity index (χ0n) is 18.0. The van der Waals surface area contributed by atoms with Crippen molar-refractivity contribution in [2.45, 2.75) is 44.2 Å². The fourth-order valence-electron chi connectivity index (χ4n) is 4.60. The second-order valence-corrected chi connectivity index (χ2v) is 8.84. The van der Waals surface area contributed by atoms with Crippen molar-refractivity contribution in [1.29, 1.82) is 0 Å². The molecule has 1 saturated heterocycles. The number of nitrogens with one attached hydrogen (secondary N) is 2. The lowest BCUT2D eigenvalue weighted by atomic mass is 10.1. The Morgan fingerprint density at radius 2 is 2.03 bits per heavy atom. The van der Waals surface area contributed by atoms with Crippen LogP contribution in [-0.2, 0) is 4.79 Å². The van der Waals surface area contributed by atoms with Crippen molar-refractivity contribution in [3.05, 3.63) is 53.3 Å². The number of guanidine groups is 1. The Balaban J connectivity index is 1.34. The van der Waals surface area contributed by atoms with Gasteiger partial charge >= 0.3 is 0 Å². The molecule has 4 rings (SSSR count). The Morgan fingerprint density at radius 1 is 1.26 bits per heavy atom. The highest BCUT2D eigenvalue weighted by molar-refractivity contribution is 6.30. The molecule has 1 amide bonds. The van der Waals surface area contributed by atoms with Crippen molar-refractivity contribution in [3.63, 3.8) is 0 Å². The highest BCUT2D eigenvalue weighted by Crippen LogP contribution is 2.28. The van der Waals surface area contributed by atoms with Crippen molar-refractivity contribution in [1.82, 2.24) is 25.3 Å². The molecule has 2 atom stereocenters. The Hall–Kier alpha value is -2.54. The van der Waals surface area contributed by atoms with Crippen molar-refractivity contribution in [3.8, 4) is 0 Å². The number of amides is 1. The lowest BCUT2D eigenvalue weighted by Gasteiger charge is -2.23. The van der Waals surface area contributed by atoms with Crippen molar-refractivity contribution >= 4 is 23.5 Å². The topological polar surface area (TPSA) is 74.6 Å². The maximum absolute atomic E-state index is 12.7. The summed E-state index contributed by atoms with van der Waals surface area (Å²) >= 11 is 6.07. The molecule has 1 aliphatic carbocycles. The molecular formula is C23H31ClN6O. The fourth-order valence-corrected chi connectivity index (χ4v) is 4.73. The smallest absolute Gasteiger partial charge is 0.225 e. The third-order valence-corrected chi connectivity index (χ3v) is 6.58. The number of aromatic nitrogens is 2. The van der Waals surface area contributed by atoms with Crippen LogP contribution < -0.4 is 10.6 Å². The van der Waals surface area contributed by atoms with Gasteiger partial charge in [-0.3, -0.25) is 14.5 Å². The molecule has 1 aromatic heterocycles. The summed E-state index contributed by atoms with van der Waals surface area (Å²) in [6.45, 7) is 2.20. The zero-order chi connectivity index (χ0) is 21.6. The second kappa shape index (κ2) is 10.2. The fraction of sp³-hybridized carbons (Fsp3) is 0.522. The predicted octanol–water partition coefficient (Wildman–Crippen LogP) is 3.08. The number of carbonyl (C=O) groups excluding carboxylic acids is 1. The largest absolute Gasteiger partial charge is 0.354 e. The zero-order valence-corrected chi connectivity index (χ0v) is 18.8. The first-order valence-corrected chi connectivity index (χ1v) is 11.5. The number of carbonyl (C=O) groups is 1. The van der Waals surface area contributed by atoms with Crippen LogP contribution in [0.25, 0.3) is 0 Å². The molecule has 166 valence electrons. The summed E-state index contributed by atoms with van der Waals surface area (Å²) in [7, 11) is 1.77. The van der Waals surface area contributed by atoms with E-state index in [1.165, 1.54) is 12.8 Å². The number of rotatable bonds is 6.